The second kappa shape index (κ2) is 8.85. The summed E-state index contributed by atoms with van der Waals surface area (Å²) in [5, 5.41) is 4.94. The Morgan fingerprint density at radius 3 is 2.39 bits per heavy atom. The molecule has 2 N–H and O–H groups in total. The molecule has 0 saturated heterocycles. The molecule has 2 rings (SSSR count). The first-order valence-electron chi connectivity index (χ1n) is 7.57. The molecule has 23 heavy (non-hydrogen) atoms. The van der Waals surface area contributed by atoms with E-state index in [1.807, 2.05) is 0 Å². The van der Waals surface area contributed by atoms with Crippen molar-refractivity contribution in [1.82, 2.24) is 10.6 Å². The maximum Gasteiger partial charge on any atom is 0.338 e. The predicted molar refractivity (Wildman–Crippen MR) is 93.0 cm³/mol. The number of benzene rings is 1. The van der Waals surface area contributed by atoms with Crippen LogP contribution in [0.25, 0.3) is 0 Å². The van der Waals surface area contributed by atoms with Gasteiger partial charge in [0.15, 0.2) is 6.61 Å². The molecular formula is C16H19IN2O4. The van der Waals surface area contributed by atoms with E-state index < -0.39 is 24.5 Å². The van der Waals surface area contributed by atoms with Crippen LogP contribution in [0, 0.1) is 3.57 Å². The lowest BCUT2D eigenvalue weighted by atomic mass is 9.96. The fourth-order valence-corrected chi connectivity index (χ4v) is 2.79. The van der Waals surface area contributed by atoms with Crippen LogP contribution in [0.3, 0.4) is 0 Å². The van der Waals surface area contributed by atoms with Crippen molar-refractivity contribution >= 4 is 40.5 Å². The predicted octanol–water partition coefficient (Wildman–Crippen LogP) is 2.61. The minimum Gasteiger partial charge on any atom is -0.452 e. The highest BCUT2D eigenvalue weighted by Gasteiger charge is 2.17. The highest BCUT2D eigenvalue weighted by atomic mass is 127. The van der Waals surface area contributed by atoms with Gasteiger partial charge in [0.1, 0.15) is 0 Å². The highest BCUT2D eigenvalue weighted by molar-refractivity contribution is 14.1. The summed E-state index contributed by atoms with van der Waals surface area (Å²) in [6.07, 6.45) is 5.24. The number of carbonyl (C=O) groups excluding carboxylic acids is 3. The first-order valence-corrected chi connectivity index (χ1v) is 8.65. The van der Waals surface area contributed by atoms with Crippen molar-refractivity contribution in [2.24, 2.45) is 0 Å². The molecule has 0 atom stereocenters. The Bertz CT molecular complexity index is 568. The third kappa shape index (κ3) is 6.17. The van der Waals surface area contributed by atoms with Crippen LogP contribution >= 0.6 is 22.6 Å². The van der Waals surface area contributed by atoms with Gasteiger partial charge in [0, 0.05) is 9.61 Å². The minimum atomic E-state index is -0.642. The molecule has 3 amide bonds. The number of amides is 3. The molecule has 1 aliphatic rings. The van der Waals surface area contributed by atoms with E-state index in [1.54, 1.807) is 24.3 Å². The van der Waals surface area contributed by atoms with Gasteiger partial charge in [0.25, 0.3) is 5.91 Å². The topological polar surface area (TPSA) is 84.5 Å². The zero-order valence-electron chi connectivity index (χ0n) is 12.6. The average Bonchev–Trinajstić information content (AvgIpc) is 2.54. The van der Waals surface area contributed by atoms with Crippen molar-refractivity contribution in [1.29, 1.82) is 0 Å². The molecule has 0 unspecified atom stereocenters. The van der Waals surface area contributed by atoms with Gasteiger partial charge >= 0.3 is 12.0 Å². The lowest BCUT2D eigenvalue weighted by Gasteiger charge is -2.22. The summed E-state index contributed by atoms with van der Waals surface area (Å²) >= 11 is 2.13. The summed E-state index contributed by atoms with van der Waals surface area (Å²) in [6, 6.07) is 6.37. The molecule has 0 radical (unpaired) electrons. The van der Waals surface area contributed by atoms with Crippen molar-refractivity contribution in [2.45, 2.75) is 38.1 Å². The van der Waals surface area contributed by atoms with E-state index in [2.05, 4.69) is 33.2 Å². The number of carbonyl (C=O) groups is 3. The maximum absolute atomic E-state index is 11.8. The number of urea groups is 1. The monoisotopic (exact) mass is 430 g/mol. The molecule has 0 aliphatic heterocycles. The fraction of sp³-hybridized carbons (Fsp3) is 0.438. The van der Waals surface area contributed by atoms with E-state index in [0.29, 0.717) is 5.56 Å². The summed E-state index contributed by atoms with van der Waals surface area (Å²) in [5.41, 5.74) is 0.366. The SMILES string of the molecule is O=C(COC(=O)c1ccc(I)cc1)NC(=O)NC1CCCCC1. The molecule has 0 aromatic heterocycles. The normalized spacial score (nSPS) is 14.8. The van der Waals surface area contributed by atoms with Crippen molar-refractivity contribution < 1.29 is 19.1 Å². The molecule has 0 heterocycles. The number of rotatable bonds is 4. The third-order valence-corrected chi connectivity index (χ3v) is 4.33. The second-order valence-corrected chi connectivity index (χ2v) is 6.69. The van der Waals surface area contributed by atoms with E-state index in [9.17, 15) is 14.4 Å². The summed E-state index contributed by atoms with van der Waals surface area (Å²) in [4.78, 5) is 35.1. The Hall–Kier alpha value is -1.64. The van der Waals surface area contributed by atoms with Crippen LogP contribution in [0.2, 0.25) is 0 Å². The first-order chi connectivity index (χ1) is 11.0. The standard InChI is InChI=1S/C16H19IN2O4/c17-12-8-6-11(7-9-12)15(21)23-10-14(20)19-16(22)18-13-4-2-1-3-5-13/h6-9,13H,1-5,10H2,(H2,18,19,20,22). The molecule has 1 fully saturated rings. The lowest BCUT2D eigenvalue weighted by Crippen LogP contribution is -2.46. The van der Waals surface area contributed by atoms with Gasteiger partial charge < -0.3 is 10.1 Å². The molecule has 0 spiro atoms. The molecule has 0 bridgehead atoms. The summed E-state index contributed by atoms with van der Waals surface area (Å²) in [5.74, 6) is -1.23. The van der Waals surface area contributed by atoms with Gasteiger partial charge in [-0.15, -0.1) is 0 Å². The van der Waals surface area contributed by atoms with Gasteiger partial charge in [-0.05, 0) is 59.7 Å². The van der Waals surface area contributed by atoms with E-state index >= 15 is 0 Å². The molecular weight excluding hydrogens is 411 g/mol. The number of hydrogen-bond donors (Lipinski definition) is 2. The van der Waals surface area contributed by atoms with E-state index in [4.69, 9.17) is 4.74 Å². The number of ether oxygens (including phenoxy) is 1. The van der Waals surface area contributed by atoms with Crippen molar-refractivity contribution in [3.05, 3.63) is 33.4 Å². The van der Waals surface area contributed by atoms with E-state index in [1.165, 1.54) is 6.42 Å². The number of hydrogen-bond acceptors (Lipinski definition) is 4. The van der Waals surface area contributed by atoms with Gasteiger partial charge in [-0.1, -0.05) is 19.3 Å². The van der Waals surface area contributed by atoms with Crippen molar-refractivity contribution in [3.8, 4) is 0 Å². The van der Waals surface area contributed by atoms with Crippen LogP contribution in [-0.2, 0) is 9.53 Å². The van der Waals surface area contributed by atoms with E-state index in [0.717, 1.165) is 29.3 Å². The third-order valence-electron chi connectivity index (χ3n) is 3.61. The largest absolute Gasteiger partial charge is 0.452 e. The Morgan fingerprint density at radius 2 is 1.74 bits per heavy atom. The summed E-state index contributed by atoms with van der Waals surface area (Å²) in [7, 11) is 0. The van der Waals surface area contributed by atoms with Gasteiger partial charge in [0.2, 0.25) is 0 Å². The number of esters is 1. The van der Waals surface area contributed by atoms with Crippen LogP contribution in [0.4, 0.5) is 4.79 Å². The molecule has 124 valence electrons. The molecule has 7 heteroatoms. The van der Waals surface area contributed by atoms with Crippen LogP contribution in [0.15, 0.2) is 24.3 Å². The molecule has 1 aromatic rings. The van der Waals surface area contributed by atoms with Crippen LogP contribution in [0.5, 0.6) is 0 Å². The van der Waals surface area contributed by atoms with Gasteiger partial charge in [-0.25, -0.2) is 9.59 Å². The number of imide groups is 1. The smallest absolute Gasteiger partial charge is 0.338 e. The van der Waals surface area contributed by atoms with Gasteiger partial charge in [-0.2, -0.15) is 0 Å². The van der Waals surface area contributed by atoms with Gasteiger partial charge in [0.05, 0.1) is 5.56 Å². The number of nitrogens with one attached hydrogen (secondary N) is 2. The zero-order valence-corrected chi connectivity index (χ0v) is 14.8. The fourth-order valence-electron chi connectivity index (χ4n) is 2.43. The highest BCUT2D eigenvalue weighted by Crippen LogP contribution is 2.17. The molecule has 1 aromatic carbocycles. The van der Waals surface area contributed by atoms with Crippen LogP contribution < -0.4 is 10.6 Å². The molecule has 1 aliphatic carbocycles. The second-order valence-electron chi connectivity index (χ2n) is 5.44. The average molecular weight is 430 g/mol. The Balaban J connectivity index is 1.70. The Kier molecular flexibility index (Phi) is 6.82. The van der Waals surface area contributed by atoms with Crippen LogP contribution in [-0.4, -0.2) is 30.6 Å². The van der Waals surface area contributed by atoms with E-state index in [-0.39, 0.29) is 6.04 Å². The molecule has 6 nitrogen and oxygen atoms in total. The Labute approximate surface area is 148 Å². The number of halogens is 1. The maximum atomic E-state index is 11.8. The van der Waals surface area contributed by atoms with Gasteiger partial charge in [-0.3, -0.25) is 10.1 Å². The summed E-state index contributed by atoms with van der Waals surface area (Å²) in [6.45, 7) is -0.483. The Morgan fingerprint density at radius 1 is 1.09 bits per heavy atom. The zero-order chi connectivity index (χ0) is 16.7. The van der Waals surface area contributed by atoms with Crippen LogP contribution in [0.1, 0.15) is 42.5 Å². The first kappa shape index (κ1) is 17.7. The quantitative estimate of drug-likeness (QED) is 0.568. The van der Waals surface area contributed by atoms with Crippen molar-refractivity contribution in [3.63, 3.8) is 0 Å². The minimum absolute atomic E-state index is 0.117. The molecule has 1 saturated carbocycles. The lowest BCUT2D eigenvalue weighted by molar-refractivity contribution is -0.123. The van der Waals surface area contributed by atoms with Crippen molar-refractivity contribution in [2.75, 3.05) is 6.61 Å². The summed E-state index contributed by atoms with van der Waals surface area (Å²) < 4.78 is 5.88.